The average Bonchev–Trinajstić information content (AvgIpc) is 3.21. The number of phenols is 1. The predicted octanol–water partition coefficient (Wildman–Crippen LogP) is 4.12. The van der Waals surface area contributed by atoms with Crippen molar-refractivity contribution in [2.24, 2.45) is 5.92 Å². The van der Waals surface area contributed by atoms with Crippen LogP contribution >= 0.6 is 56.7 Å². The predicted molar refractivity (Wildman–Crippen MR) is 97.9 cm³/mol. The number of rotatable bonds is 3. The zero-order valence-electron chi connectivity index (χ0n) is 11.5. The number of halogens is 4. The highest BCUT2D eigenvalue weighted by molar-refractivity contribution is 9.11. The fourth-order valence-corrected chi connectivity index (χ4v) is 4.19. The maximum atomic E-state index is 10.4. The van der Waals surface area contributed by atoms with Gasteiger partial charge < -0.3 is 10.4 Å². The monoisotopic (exact) mass is 460 g/mol. The molecule has 3 nitrogen and oxygen atoms in total. The van der Waals surface area contributed by atoms with E-state index in [9.17, 15) is 5.11 Å². The second-order valence-electron chi connectivity index (χ2n) is 5.39. The van der Waals surface area contributed by atoms with E-state index >= 15 is 0 Å². The summed E-state index contributed by atoms with van der Waals surface area (Å²) in [5.74, 6) is 1.10. The Hall–Kier alpha value is 0.480. The van der Waals surface area contributed by atoms with Gasteiger partial charge in [-0.05, 0) is 46.8 Å². The summed E-state index contributed by atoms with van der Waals surface area (Å²) in [6.07, 6.45) is 2.55. The van der Waals surface area contributed by atoms with Crippen LogP contribution in [0.2, 0.25) is 0 Å². The van der Waals surface area contributed by atoms with Crippen molar-refractivity contribution in [3.63, 3.8) is 0 Å². The third-order valence-electron chi connectivity index (χ3n) is 3.99. The molecule has 1 heterocycles. The molecule has 1 atom stereocenters. The number of hydrogen-bond donors (Lipinski definition) is 2. The molecule has 1 saturated carbocycles. The van der Waals surface area contributed by atoms with Gasteiger partial charge in [0.25, 0.3) is 0 Å². The van der Waals surface area contributed by atoms with Gasteiger partial charge in [0.15, 0.2) is 0 Å². The van der Waals surface area contributed by atoms with Crippen LogP contribution < -0.4 is 5.32 Å². The van der Waals surface area contributed by atoms with E-state index in [0.29, 0.717) is 17.7 Å². The van der Waals surface area contributed by atoms with Gasteiger partial charge in [-0.2, -0.15) is 0 Å². The van der Waals surface area contributed by atoms with E-state index in [1.165, 1.54) is 12.8 Å². The lowest BCUT2D eigenvalue weighted by Gasteiger charge is -2.36. The lowest BCUT2D eigenvalue weighted by atomic mass is 9.99. The van der Waals surface area contributed by atoms with E-state index in [4.69, 9.17) is 0 Å². The van der Waals surface area contributed by atoms with E-state index in [1.54, 1.807) is 0 Å². The van der Waals surface area contributed by atoms with Crippen LogP contribution in [0.25, 0.3) is 0 Å². The number of nitrogens with zero attached hydrogens (tertiary/aromatic N) is 1. The standard InChI is InChI=1S/C14H18Br2N2O.2ClH/c15-10-7-11(14(19)12(16)8-10)13(9-1-2-9)18-5-3-17-4-6-18;;/h7-9,13,17,19H,1-6H2;2*1H/t13-;;/m1../s1. The molecule has 1 saturated heterocycles. The van der Waals surface area contributed by atoms with Gasteiger partial charge >= 0.3 is 0 Å². The molecule has 0 amide bonds. The summed E-state index contributed by atoms with van der Waals surface area (Å²) in [6.45, 7) is 4.20. The molecule has 0 unspecified atom stereocenters. The van der Waals surface area contributed by atoms with Gasteiger partial charge in [0.05, 0.1) is 4.47 Å². The molecular weight excluding hydrogens is 443 g/mol. The van der Waals surface area contributed by atoms with Crippen LogP contribution in [-0.4, -0.2) is 36.2 Å². The number of aromatic hydroxyl groups is 1. The smallest absolute Gasteiger partial charge is 0.134 e. The van der Waals surface area contributed by atoms with Crippen molar-refractivity contribution >= 4 is 56.7 Å². The van der Waals surface area contributed by atoms with Crippen LogP contribution in [0.4, 0.5) is 0 Å². The highest BCUT2D eigenvalue weighted by Crippen LogP contribution is 2.48. The van der Waals surface area contributed by atoms with Crippen LogP contribution in [0.1, 0.15) is 24.4 Å². The first-order chi connectivity index (χ1) is 9.16. The summed E-state index contributed by atoms with van der Waals surface area (Å²) in [4.78, 5) is 2.52. The zero-order chi connectivity index (χ0) is 13.4. The minimum absolute atomic E-state index is 0. The molecule has 2 aliphatic rings. The minimum atomic E-state index is 0. The van der Waals surface area contributed by atoms with Gasteiger partial charge in [-0.15, -0.1) is 24.8 Å². The van der Waals surface area contributed by atoms with E-state index in [-0.39, 0.29) is 24.8 Å². The SMILES string of the molecule is Cl.Cl.Oc1c(Br)cc(Br)cc1[C@@H](C1CC1)N1CCNCC1. The van der Waals surface area contributed by atoms with Crippen molar-refractivity contribution in [1.82, 2.24) is 10.2 Å². The normalized spacial score (nSPS) is 20.3. The maximum absolute atomic E-state index is 10.4. The summed E-state index contributed by atoms with van der Waals surface area (Å²) < 4.78 is 1.80. The van der Waals surface area contributed by atoms with E-state index in [2.05, 4.69) is 48.1 Å². The second kappa shape index (κ2) is 8.37. The fraction of sp³-hybridized carbons (Fsp3) is 0.571. The number of benzene rings is 1. The first-order valence-corrected chi connectivity index (χ1v) is 8.38. The second-order valence-corrected chi connectivity index (χ2v) is 7.16. The molecule has 1 aromatic rings. The summed E-state index contributed by atoms with van der Waals surface area (Å²) in [7, 11) is 0. The van der Waals surface area contributed by atoms with Crippen LogP contribution in [0.15, 0.2) is 21.1 Å². The Morgan fingerprint density at radius 3 is 2.33 bits per heavy atom. The third kappa shape index (κ3) is 4.49. The molecule has 120 valence electrons. The number of piperazine rings is 1. The van der Waals surface area contributed by atoms with E-state index < -0.39 is 0 Å². The van der Waals surface area contributed by atoms with Gasteiger partial charge in [0.2, 0.25) is 0 Å². The van der Waals surface area contributed by atoms with Gasteiger partial charge in [0, 0.05) is 42.3 Å². The van der Waals surface area contributed by atoms with Gasteiger partial charge in [0.1, 0.15) is 5.75 Å². The molecule has 2 fully saturated rings. The Morgan fingerprint density at radius 2 is 1.76 bits per heavy atom. The maximum Gasteiger partial charge on any atom is 0.134 e. The summed E-state index contributed by atoms with van der Waals surface area (Å²) >= 11 is 6.98. The van der Waals surface area contributed by atoms with Crippen LogP contribution in [0, 0.1) is 5.92 Å². The van der Waals surface area contributed by atoms with Crippen molar-refractivity contribution in [3.05, 3.63) is 26.6 Å². The largest absolute Gasteiger partial charge is 0.506 e. The molecular formula is C14H20Br2Cl2N2O. The summed E-state index contributed by atoms with van der Waals surface area (Å²) in [5, 5.41) is 13.8. The number of nitrogens with one attached hydrogen (secondary N) is 1. The third-order valence-corrected chi connectivity index (χ3v) is 5.05. The minimum Gasteiger partial charge on any atom is -0.506 e. The molecule has 21 heavy (non-hydrogen) atoms. The molecule has 1 aromatic carbocycles. The van der Waals surface area contributed by atoms with Crippen molar-refractivity contribution in [3.8, 4) is 5.75 Å². The highest BCUT2D eigenvalue weighted by atomic mass is 79.9. The molecule has 1 aliphatic heterocycles. The Kier molecular flexibility index (Phi) is 7.78. The Bertz CT molecular complexity index is 480. The summed E-state index contributed by atoms with van der Waals surface area (Å²) in [6, 6.07) is 4.34. The number of phenolic OH excluding ortho intramolecular Hbond substituents is 1. The van der Waals surface area contributed by atoms with E-state index in [0.717, 1.165) is 40.7 Å². The first-order valence-electron chi connectivity index (χ1n) is 6.79. The van der Waals surface area contributed by atoms with Crippen molar-refractivity contribution in [2.45, 2.75) is 18.9 Å². The van der Waals surface area contributed by atoms with Crippen molar-refractivity contribution in [1.29, 1.82) is 0 Å². The molecule has 1 aliphatic carbocycles. The van der Waals surface area contributed by atoms with Gasteiger partial charge in [-0.3, -0.25) is 4.90 Å². The van der Waals surface area contributed by atoms with Gasteiger partial charge in [-0.1, -0.05) is 15.9 Å². The average molecular weight is 463 g/mol. The highest BCUT2D eigenvalue weighted by Gasteiger charge is 2.38. The molecule has 0 spiro atoms. The molecule has 7 heteroatoms. The molecule has 0 bridgehead atoms. The summed E-state index contributed by atoms with van der Waals surface area (Å²) in [5.41, 5.74) is 1.06. The molecule has 0 radical (unpaired) electrons. The van der Waals surface area contributed by atoms with Crippen LogP contribution in [-0.2, 0) is 0 Å². The Labute approximate surface area is 154 Å². The molecule has 3 rings (SSSR count). The molecule has 2 N–H and O–H groups in total. The van der Waals surface area contributed by atoms with E-state index in [1.807, 2.05) is 6.07 Å². The van der Waals surface area contributed by atoms with Crippen molar-refractivity contribution in [2.75, 3.05) is 26.2 Å². The molecule has 0 aromatic heterocycles. The Balaban J connectivity index is 0.00000110. The first kappa shape index (κ1) is 19.5. The van der Waals surface area contributed by atoms with Crippen molar-refractivity contribution < 1.29 is 5.11 Å². The zero-order valence-corrected chi connectivity index (χ0v) is 16.3. The quantitative estimate of drug-likeness (QED) is 0.709. The lowest BCUT2D eigenvalue weighted by molar-refractivity contribution is 0.153. The topological polar surface area (TPSA) is 35.5 Å². The number of hydrogen-bond acceptors (Lipinski definition) is 3. The Morgan fingerprint density at radius 1 is 1.14 bits per heavy atom. The fourth-order valence-electron chi connectivity index (χ4n) is 2.93. The van der Waals surface area contributed by atoms with Crippen LogP contribution in [0.5, 0.6) is 5.75 Å². The van der Waals surface area contributed by atoms with Gasteiger partial charge in [-0.25, -0.2) is 0 Å². The lowest BCUT2D eigenvalue weighted by Crippen LogP contribution is -2.45. The van der Waals surface area contributed by atoms with Crippen LogP contribution in [0.3, 0.4) is 0 Å².